The van der Waals surface area contributed by atoms with E-state index in [1.54, 1.807) is 11.6 Å². The smallest absolute Gasteiger partial charge is 0.227 e. The number of rotatable bonds is 5. The molecule has 1 atom stereocenters. The van der Waals surface area contributed by atoms with Gasteiger partial charge in [-0.25, -0.2) is 0 Å². The zero-order valence-electron chi connectivity index (χ0n) is 13.3. The number of benzene rings is 1. The molecule has 0 spiro atoms. The number of carbonyl (C=O) groups excluding carboxylic acids is 2. The number of hydrogen-bond acceptors (Lipinski definition) is 4. The molecule has 0 bridgehead atoms. The van der Waals surface area contributed by atoms with Crippen molar-refractivity contribution in [1.29, 1.82) is 0 Å². The fourth-order valence-electron chi connectivity index (χ4n) is 2.76. The van der Waals surface area contributed by atoms with E-state index in [9.17, 15) is 9.59 Å². The lowest BCUT2D eigenvalue weighted by Crippen LogP contribution is -2.31. The van der Waals surface area contributed by atoms with Gasteiger partial charge in [0.2, 0.25) is 11.8 Å². The molecule has 2 amide bonds. The Morgan fingerprint density at radius 3 is 3.00 bits per heavy atom. The molecule has 0 unspecified atom stereocenters. The SMILES string of the molecule is Cn1c(CNC(=O)CC[C@H]2Cc3ccccc3NC2=O)n[nH]c1=S. The summed E-state index contributed by atoms with van der Waals surface area (Å²) in [5.41, 5.74) is 1.98. The summed E-state index contributed by atoms with van der Waals surface area (Å²) in [6.07, 6.45) is 1.49. The van der Waals surface area contributed by atoms with Gasteiger partial charge < -0.3 is 15.2 Å². The Morgan fingerprint density at radius 2 is 2.25 bits per heavy atom. The van der Waals surface area contributed by atoms with Crippen LogP contribution in [0.25, 0.3) is 0 Å². The van der Waals surface area contributed by atoms with Gasteiger partial charge in [0.05, 0.1) is 6.54 Å². The van der Waals surface area contributed by atoms with E-state index in [1.807, 2.05) is 24.3 Å². The average molecular weight is 345 g/mol. The van der Waals surface area contributed by atoms with E-state index in [2.05, 4.69) is 20.8 Å². The zero-order chi connectivity index (χ0) is 17.1. The van der Waals surface area contributed by atoms with Crippen molar-refractivity contribution in [2.45, 2.75) is 25.8 Å². The van der Waals surface area contributed by atoms with Gasteiger partial charge >= 0.3 is 0 Å². The lowest BCUT2D eigenvalue weighted by Gasteiger charge is -2.24. The fraction of sp³-hybridized carbons (Fsp3) is 0.375. The maximum atomic E-state index is 12.1. The van der Waals surface area contributed by atoms with Crippen LogP contribution in [0.5, 0.6) is 0 Å². The largest absolute Gasteiger partial charge is 0.349 e. The number of H-pyrrole nitrogens is 1. The van der Waals surface area contributed by atoms with Crippen LogP contribution in [0.15, 0.2) is 24.3 Å². The first-order valence-electron chi connectivity index (χ1n) is 7.80. The van der Waals surface area contributed by atoms with E-state index >= 15 is 0 Å². The standard InChI is InChI=1S/C16H19N5O2S/c1-21-13(19-20-16(21)24)9-17-14(22)7-6-11-8-10-4-2-3-5-12(10)18-15(11)23/h2-5,11H,6-9H2,1H3,(H,17,22)(H,18,23)(H,20,24)/t11-/m0/s1. The van der Waals surface area contributed by atoms with Gasteiger partial charge in [0.25, 0.3) is 0 Å². The normalized spacial score (nSPS) is 16.4. The molecule has 2 heterocycles. The van der Waals surface area contributed by atoms with Crippen molar-refractivity contribution < 1.29 is 9.59 Å². The molecule has 3 N–H and O–H groups in total. The van der Waals surface area contributed by atoms with Crippen LogP contribution in [0.3, 0.4) is 0 Å². The molecule has 7 nitrogen and oxygen atoms in total. The molecule has 1 aromatic carbocycles. The fourth-order valence-corrected chi connectivity index (χ4v) is 2.91. The summed E-state index contributed by atoms with van der Waals surface area (Å²) in [7, 11) is 1.79. The summed E-state index contributed by atoms with van der Waals surface area (Å²) < 4.78 is 2.22. The van der Waals surface area contributed by atoms with Gasteiger partial charge in [-0.3, -0.25) is 14.7 Å². The Balaban J connectivity index is 1.50. The van der Waals surface area contributed by atoms with Crippen molar-refractivity contribution in [1.82, 2.24) is 20.1 Å². The monoisotopic (exact) mass is 345 g/mol. The van der Waals surface area contributed by atoms with Crippen molar-refractivity contribution in [3.63, 3.8) is 0 Å². The third-order valence-electron chi connectivity index (χ3n) is 4.25. The Bertz CT molecular complexity index is 826. The maximum absolute atomic E-state index is 12.1. The highest BCUT2D eigenvalue weighted by molar-refractivity contribution is 7.71. The van der Waals surface area contributed by atoms with Crippen LogP contribution in [0.1, 0.15) is 24.2 Å². The minimum Gasteiger partial charge on any atom is -0.349 e. The number of fused-ring (bicyclic) bond motifs is 1. The molecule has 0 fully saturated rings. The molecule has 0 radical (unpaired) electrons. The molecule has 8 heteroatoms. The Labute approximate surface area is 144 Å². The lowest BCUT2D eigenvalue weighted by molar-refractivity contribution is -0.123. The number of aromatic amines is 1. The van der Waals surface area contributed by atoms with Crippen molar-refractivity contribution >= 4 is 29.7 Å². The van der Waals surface area contributed by atoms with E-state index in [1.165, 1.54) is 0 Å². The van der Waals surface area contributed by atoms with Gasteiger partial charge in [-0.15, -0.1) is 0 Å². The van der Waals surface area contributed by atoms with Crippen LogP contribution in [-0.2, 0) is 29.6 Å². The van der Waals surface area contributed by atoms with Gasteiger partial charge in [-0.1, -0.05) is 18.2 Å². The highest BCUT2D eigenvalue weighted by Crippen LogP contribution is 2.27. The topological polar surface area (TPSA) is 91.8 Å². The summed E-state index contributed by atoms with van der Waals surface area (Å²) in [4.78, 5) is 24.1. The van der Waals surface area contributed by atoms with E-state index in [-0.39, 0.29) is 17.7 Å². The van der Waals surface area contributed by atoms with Gasteiger partial charge in [-0.2, -0.15) is 5.10 Å². The number of anilines is 1. The zero-order valence-corrected chi connectivity index (χ0v) is 14.2. The number of para-hydroxylation sites is 1. The van der Waals surface area contributed by atoms with E-state index in [0.29, 0.717) is 36.4 Å². The van der Waals surface area contributed by atoms with E-state index in [4.69, 9.17) is 12.2 Å². The molecular weight excluding hydrogens is 326 g/mol. The van der Waals surface area contributed by atoms with Crippen LogP contribution in [0.2, 0.25) is 0 Å². The van der Waals surface area contributed by atoms with Crippen molar-refractivity contribution in [3.8, 4) is 0 Å². The number of aromatic nitrogens is 3. The van der Waals surface area contributed by atoms with Crippen LogP contribution in [0, 0.1) is 10.7 Å². The first-order valence-corrected chi connectivity index (χ1v) is 8.21. The first kappa shape index (κ1) is 16.4. The molecule has 1 aliphatic rings. The molecule has 24 heavy (non-hydrogen) atoms. The third-order valence-corrected chi connectivity index (χ3v) is 4.61. The van der Waals surface area contributed by atoms with E-state index < -0.39 is 0 Å². The molecule has 126 valence electrons. The highest BCUT2D eigenvalue weighted by Gasteiger charge is 2.26. The highest BCUT2D eigenvalue weighted by atomic mass is 32.1. The Morgan fingerprint density at radius 1 is 1.46 bits per heavy atom. The van der Waals surface area contributed by atoms with Gasteiger partial charge in [0.1, 0.15) is 0 Å². The van der Waals surface area contributed by atoms with Crippen molar-refractivity contribution in [2.75, 3.05) is 5.32 Å². The molecule has 0 aliphatic carbocycles. The number of amides is 2. The molecular formula is C16H19N5O2S. The summed E-state index contributed by atoms with van der Waals surface area (Å²) >= 11 is 5.02. The van der Waals surface area contributed by atoms with Crippen LogP contribution >= 0.6 is 12.2 Å². The number of nitrogens with one attached hydrogen (secondary N) is 3. The van der Waals surface area contributed by atoms with E-state index in [0.717, 1.165) is 11.3 Å². The second kappa shape index (κ2) is 6.96. The Hall–Kier alpha value is -2.48. The van der Waals surface area contributed by atoms with Crippen molar-refractivity contribution in [2.24, 2.45) is 13.0 Å². The predicted molar refractivity (Wildman–Crippen MR) is 91.7 cm³/mol. The Kier molecular flexibility index (Phi) is 4.75. The minimum absolute atomic E-state index is 0.0176. The average Bonchev–Trinajstić information content (AvgIpc) is 2.90. The molecule has 2 aromatic rings. The quantitative estimate of drug-likeness (QED) is 0.719. The van der Waals surface area contributed by atoms with Crippen molar-refractivity contribution in [3.05, 3.63) is 40.4 Å². The predicted octanol–water partition coefficient (Wildman–Crippen LogP) is 1.69. The molecule has 1 aliphatic heterocycles. The summed E-state index contributed by atoms with van der Waals surface area (Å²) in [5.74, 6) is 0.371. The van der Waals surface area contributed by atoms with Crippen LogP contribution in [-0.4, -0.2) is 26.6 Å². The van der Waals surface area contributed by atoms with Gasteiger partial charge in [0, 0.05) is 25.1 Å². The second-order valence-corrected chi connectivity index (χ2v) is 6.25. The molecule has 3 rings (SSSR count). The molecule has 1 aromatic heterocycles. The number of hydrogen-bond donors (Lipinski definition) is 3. The first-order chi connectivity index (χ1) is 11.5. The molecule has 0 saturated heterocycles. The second-order valence-electron chi connectivity index (χ2n) is 5.87. The number of carbonyl (C=O) groups is 2. The maximum Gasteiger partial charge on any atom is 0.227 e. The molecule has 0 saturated carbocycles. The minimum atomic E-state index is -0.175. The van der Waals surface area contributed by atoms with Gasteiger partial charge in [-0.05, 0) is 36.7 Å². The summed E-state index contributed by atoms with van der Waals surface area (Å²) in [6, 6.07) is 7.76. The summed E-state index contributed by atoms with van der Waals surface area (Å²) in [5, 5.41) is 12.4. The third kappa shape index (κ3) is 3.53. The number of nitrogens with zero attached hydrogens (tertiary/aromatic N) is 2. The lowest BCUT2D eigenvalue weighted by atomic mass is 9.89. The van der Waals surface area contributed by atoms with Gasteiger partial charge in [0.15, 0.2) is 10.6 Å². The van der Waals surface area contributed by atoms with Crippen LogP contribution in [0.4, 0.5) is 5.69 Å². The summed E-state index contributed by atoms with van der Waals surface area (Å²) in [6.45, 7) is 0.308. The van der Waals surface area contributed by atoms with Crippen LogP contribution < -0.4 is 10.6 Å².